The minimum Gasteiger partial charge on any atom is -0.115 e. The van der Waals surface area contributed by atoms with Crippen molar-refractivity contribution in [3.8, 4) is 12.3 Å². The zero-order valence-electron chi connectivity index (χ0n) is 28.4. The van der Waals surface area contributed by atoms with Gasteiger partial charge >= 0.3 is 0 Å². The molecule has 0 bridgehead atoms. The zero-order chi connectivity index (χ0) is 32.8. The van der Waals surface area contributed by atoms with Gasteiger partial charge in [-0.15, -0.1) is 13.0 Å². The Morgan fingerprint density at radius 1 is 0.851 bits per heavy atom. The summed E-state index contributed by atoms with van der Waals surface area (Å²) in [4.78, 5) is 0. The van der Waals surface area contributed by atoms with Crippen molar-refractivity contribution in [3.63, 3.8) is 0 Å². The molecule has 3 aromatic carbocycles. The first-order valence-electron chi connectivity index (χ1n) is 17.7. The summed E-state index contributed by atoms with van der Waals surface area (Å²) < 4.78 is 0. The topological polar surface area (TPSA) is 0 Å². The highest BCUT2D eigenvalue weighted by Gasteiger charge is 2.30. The van der Waals surface area contributed by atoms with Gasteiger partial charge < -0.3 is 0 Å². The van der Waals surface area contributed by atoms with Crippen LogP contribution in [0, 0.1) is 36.0 Å². The van der Waals surface area contributed by atoms with Crippen molar-refractivity contribution in [2.75, 3.05) is 0 Å². The van der Waals surface area contributed by atoms with E-state index < -0.39 is 0 Å². The highest BCUT2D eigenvalue weighted by Crippen LogP contribution is 2.44. The Labute approximate surface area is 284 Å². The van der Waals surface area contributed by atoms with Crippen LogP contribution in [-0.2, 0) is 12.8 Å². The molecule has 3 aliphatic carbocycles. The Morgan fingerprint density at radius 2 is 1.60 bits per heavy atom. The Morgan fingerprint density at radius 3 is 2.28 bits per heavy atom. The van der Waals surface area contributed by atoms with Crippen LogP contribution in [0.25, 0.3) is 11.1 Å². The van der Waals surface area contributed by atoms with Gasteiger partial charge in [0.15, 0.2) is 0 Å². The van der Waals surface area contributed by atoms with Crippen LogP contribution in [0.2, 0.25) is 0 Å². The fraction of sp³-hybridized carbons (Fsp3) is 0.319. The molecule has 238 valence electrons. The lowest BCUT2D eigenvalue weighted by atomic mass is 9.69. The number of hydrogen-bond acceptors (Lipinski definition) is 0. The average molecular weight is 615 g/mol. The second-order valence-corrected chi connectivity index (χ2v) is 14.4. The molecule has 0 nitrogen and oxygen atoms in total. The SMILES string of the molecule is C#Cc1ccc(CC2CCC(C(C(=C)CCc3ccccc3)c3ccc(C4=CC(C)C=C4)cc3)CC2)cc1C1=CC(CC(=C)C)C=C1. The van der Waals surface area contributed by atoms with Gasteiger partial charge in [0.05, 0.1) is 0 Å². The molecule has 0 N–H and O–H groups in total. The predicted octanol–water partition coefficient (Wildman–Crippen LogP) is 12.1. The van der Waals surface area contributed by atoms with E-state index in [0.717, 1.165) is 31.2 Å². The molecule has 3 aromatic rings. The third kappa shape index (κ3) is 8.15. The van der Waals surface area contributed by atoms with Crippen LogP contribution in [0.15, 0.2) is 134 Å². The lowest BCUT2D eigenvalue weighted by molar-refractivity contribution is 0.252. The van der Waals surface area contributed by atoms with Crippen LogP contribution in [0.3, 0.4) is 0 Å². The molecule has 6 rings (SSSR count). The zero-order valence-corrected chi connectivity index (χ0v) is 28.4. The van der Waals surface area contributed by atoms with Gasteiger partial charge in [0, 0.05) is 11.5 Å². The maximum atomic E-state index is 5.96. The summed E-state index contributed by atoms with van der Waals surface area (Å²) in [6.45, 7) is 13.2. The van der Waals surface area contributed by atoms with Crippen molar-refractivity contribution in [2.45, 2.75) is 71.1 Å². The van der Waals surface area contributed by atoms with Crippen LogP contribution in [0.4, 0.5) is 0 Å². The largest absolute Gasteiger partial charge is 0.115 e. The van der Waals surface area contributed by atoms with Crippen molar-refractivity contribution in [1.82, 2.24) is 0 Å². The first kappa shape index (κ1) is 32.6. The molecule has 0 saturated heterocycles. The number of allylic oxidation sites excluding steroid dienone is 10. The van der Waals surface area contributed by atoms with Crippen molar-refractivity contribution < 1.29 is 0 Å². The van der Waals surface area contributed by atoms with Crippen LogP contribution < -0.4 is 0 Å². The fourth-order valence-electron chi connectivity index (χ4n) is 8.09. The summed E-state index contributed by atoms with van der Waals surface area (Å²) in [5.41, 5.74) is 12.9. The van der Waals surface area contributed by atoms with Gasteiger partial charge in [0.2, 0.25) is 0 Å². The summed E-state index contributed by atoms with van der Waals surface area (Å²) >= 11 is 0. The summed E-state index contributed by atoms with van der Waals surface area (Å²) in [5, 5.41) is 0. The second-order valence-electron chi connectivity index (χ2n) is 14.4. The van der Waals surface area contributed by atoms with Crippen LogP contribution in [0.5, 0.6) is 0 Å². The molecule has 1 fully saturated rings. The molecule has 0 amide bonds. The molecule has 3 aliphatic rings. The molecule has 0 heterocycles. The summed E-state index contributed by atoms with van der Waals surface area (Å²) in [5.74, 6) is 5.60. The summed E-state index contributed by atoms with van der Waals surface area (Å²) in [6.07, 6.45) is 29.0. The number of aryl methyl sites for hydroxylation is 1. The molecule has 0 aromatic heterocycles. The molecular weight excluding hydrogens is 565 g/mol. The van der Waals surface area contributed by atoms with E-state index in [9.17, 15) is 0 Å². The highest BCUT2D eigenvalue weighted by molar-refractivity contribution is 5.80. The normalized spacial score (nSPS) is 22.4. The molecule has 1 saturated carbocycles. The third-order valence-electron chi connectivity index (χ3n) is 10.6. The van der Waals surface area contributed by atoms with Crippen molar-refractivity contribution in [1.29, 1.82) is 0 Å². The average Bonchev–Trinajstić information content (AvgIpc) is 3.74. The maximum absolute atomic E-state index is 5.96. The minimum absolute atomic E-state index is 0.399. The standard InChI is InChI=1S/C47H50/c1-6-40-20-17-39(32-46(40)45-23-18-38(31-45)28-33(2)3)30-37-15-21-42(22-16-37)47(35(5)13-14-36-10-8-7-9-11-36)43-26-24-41(25-27-43)44-19-12-34(4)29-44/h1,7-12,17-20,23-27,29,31-32,34,37-38,42,47H,2,5,13-16,21-22,28,30H2,3-4H3. The molecule has 47 heavy (non-hydrogen) atoms. The molecule has 0 aliphatic heterocycles. The van der Waals surface area contributed by atoms with E-state index in [4.69, 9.17) is 13.0 Å². The van der Waals surface area contributed by atoms with Gasteiger partial charge in [-0.1, -0.05) is 128 Å². The summed E-state index contributed by atoms with van der Waals surface area (Å²) in [6, 6.07) is 27.1. The van der Waals surface area contributed by atoms with Crippen LogP contribution in [0.1, 0.15) is 91.7 Å². The van der Waals surface area contributed by atoms with E-state index in [1.165, 1.54) is 75.8 Å². The Balaban J connectivity index is 1.15. The highest BCUT2D eigenvalue weighted by atomic mass is 14.4. The van der Waals surface area contributed by atoms with Gasteiger partial charge in [-0.25, -0.2) is 0 Å². The van der Waals surface area contributed by atoms with Gasteiger partial charge in [-0.05, 0) is 133 Å². The fourth-order valence-corrected chi connectivity index (χ4v) is 8.09. The predicted molar refractivity (Wildman–Crippen MR) is 203 cm³/mol. The van der Waals surface area contributed by atoms with Crippen molar-refractivity contribution in [3.05, 3.63) is 167 Å². The van der Waals surface area contributed by atoms with Gasteiger partial charge in [0.1, 0.15) is 0 Å². The third-order valence-corrected chi connectivity index (χ3v) is 10.6. The lowest BCUT2D eigenvalue weighted by Crippen LogP contribution is -2.23. The summed E-state index contributed by atoms with van der Waals surface area (Å²) in [7, 11) is 0. The quantitative estimate of drug-likeness (QED) is 0.141. The Hall–Kier alpha value is -4.34. The number of rotatable bonds is 12. The first-order valence-corrected chi connectivity index (χ1v) is 17.7. The first-order chi connectivity index (χ1) is 22.9. The monoisotopic (exact) mass is 614 g/mol. The maximum Gasteiger partial charge on any atom is 0.0321 e. The second kappa shape index (κ2) is 15.0. The van der Waals surface area contributed by atoms with E-state index in [2.05, 4.69) is 136 Å². The lowest BCUT2D eigenvalue weighted by Gasteiger charge is -2.36. The van der Waals surface area contributed by atoms with E-state index >= 15 is 0 Å². The van der Waals surface area contributed by atoms with Crippen LogP contribution in [-0.4, -0.2) is 0 Å². The molecule has 0 radical (unpaired) electrons. The minimum atomic E-state index is 0.399. The van der Waals surface area contributed by atoms with Gasteiger partial charge in [-0.2, -0.15) is 0 Å². The molecule has 0 spiro atoms. The van der Waals surface area contributed by atoms with Gasteiger partial charge in [-0.3, -0.25) is 0 Å². The number of terminal acetylenes is 1. The van der Waals surface area contributed by atoms with E-state index in [1.54, 1.807) is 0 Å². The van der Waals surface area contributed by atoms with Gasteiger partial charge in [0.25, 0.3) is 0 Å². The Bertz CT molecular complexity index is 1740. The smallest absolute Gasteiger partial charge is 0.0321 e. The van der Waals surface area contributed by atoms with E-state index in [-0.39, 0.29) is 0 Å². The number of hydrogen-bond donors (Lipinski definition) is 0. The molecule has 3 atom stereocenters. The molecule has 3 unspecified atom stereocenters. The molecular formula is C47H50. The molecule has 0 heteroatoms. The van der Waals surface area contributed by atoms with E-state index in [0.29, 0.717) is 29.6 Å². The van der Waals surface area contributed by atoms with E-state index in [1.807, 2.05) is 0 Å². The van der Waals surface area contributed by atoms with Crippen molar-refractivity contribution >= 4 is 11.1 Å². The van der Waals surface area contributed by atoms with Crippen molar-refractivity contribution in [2.24, 2.45) is 23.7 Å². The number of benzene rings is 3. The Kier molecular flexibility index (Phi) is 10.4. The van der Waals surface area contributed by atoms with Crippen LogP contribution >= 0.6 is 0 Å².